The molecule has 0 spiro atoms. The molecule has 3 nitrogen and oxygen atoms in total. The van der Waals surface area contributed by atoms with E-state index in [1.807, 2.05) is 19.1 Å². The Labute approximate surface area is 109 Å². The van der Waals surface area contributed by atoms with Crippen molar-refractivity contribution in [3.8, 4) is 5.75 Å². The summed E-state index contributed by atoms with van der Waals surface area (Å²) in [5.41, 5.74) is 1.55. The maximum Gasteiger partial charge on any atom is 0.304 e. The number of aryl methyl sites for hydroxylation is 1. The van der Waals surface area contributed by atoms with Gasteiger partial charge >= 0.3 is 5.97 Å². The number of hydrogen-bond donors (Lipinski definition) is 2. The van der Waals surface area contributed by atoms with Crippen LogP contribution in [0.4, 0.5) is 0 Å². The molecular formula is C13H15BrO3. The normalized spacial score (nSPS) is 16.8. The summed E-state index contributed by atoms with van der Waals surface area (Å²) in [6, 6.07) is 3.83. The second kappa shape index (κ2) is 4.33. The Kier molecular flexibility index (Phi) is 3.17. The minimum Gasteiger partial charge on any atom is -0.506 e. The molecule has 0 bridgehead atoms. The topological polar surface area (TPSA) is 57.5 Å². The van der Waals surface area contributed by atoms with Crippen molar-refractivity contribution >= 4 is 21.9 Å². The molecule has 0 radical (unpaired) electrons. The predicted molar refractivity (Wildman–Crippen MR) is 68.3 cm³/mol. The Hall–Kier alpha value is -1.03. The molecule has 2 rings (SSSR count). The molecule has 1 aromatic carbocycles. The Bertz CT molecular complexity index is 464. The molecule has 0 saturated heterocycles. The molecule has 1 saturated carbocycles. The number of benzene rings is 1. The number of phenols is 1. The zero-order chi connectivity index (χ0) is 12.6. The van der Waals surface area contributed by atoms with E-state index in [0.29, 0.717) is 4.47 Å². The van der Waals surface area contributed by atoms with Gasteiger partial charge in [-0.1, -0.05) is 13.0 Å². The summed E-state index contributed by atoms with van der Waals surface area (Å²) in [5, 5.41) is 19.0. The standard InChI is InChI=1S/C13H15BrO3/c1-2-8-5-9(12(17)10(14)6-8)13(3-4-13)7-11(15)16/h5-6,17H,2-4,7H2,1H3,(H,15,16). The van der Waals surface area contributed by atoms with Crippen LogP contribution in [0.15, 0.2) is 16.6 Å². The molecule has 1 aromatic rings. The lowest BCUT2D eigenvalue weighted by molar-refractivity contribution is -0.137. The van der Waals surface area contributed by atoms with Crippen LogP contribution in [0.25, 0.3) is 0 Å². The van der Waals surface area contributed by atoms with E-state index < -0.39 is 5.97 Å². The van der Waals surface area contributed by atoms with Crippen molar-refractivity contribution in [1.29, 1.82) is 0 Å². The third-order valence-corrected chi connectivity index (χ3v) is 4.05. The van der Waals surface area contributed by atoms with Crippen molar-refractivity contribution in [2.45, 2.75) is 38.0 Å². The van der Waals surface area contributed by atoms with E-state index >= 15 is 0 Å². The van der Waals surface area contributed by atoms with E-state index in [9.17, 15) is 9.90 Å². The van der Waals surface area contributed by atoms with E-state index in [0.717, 1.165) is 30.4 Å². The van der Waals surface area contributed by atoms with Crippen LogP contribution in [0.3, 0.4) is 0 Å². The SMILES string of the molecule is CCc1cc(Br)c(O)c(C2(CC(=O)O)CC2)c1. The average molecular weight is 299 g/mol. The van der Waals surface area contributed by atoms with Crippen molar-refractivity contribution in [1.82, 2.24) is 0 Å². The van der Waals surface area contributed by atoms with Gasteiger partial charge in [0.1, 0.15) is 5.75 Å². The summed E-state index contributed by atoms with van der Waals surface area (Å²) >= 11 is 3.33. The van der Waals surface area contributed by atoms with Gasteiger partial charge in [-0.3, -0.25) is 4.79 Å². The van der Waals surface area contributed by atoms with Crippen LogP contribution < -0.4 is 0 Å². The number of phenolic OH excluding ortho intramolecular Hbond substituents is 1. The van der Waals surface area contributed by atoms with Crippen LogP contribution in [0.2, 0.25) is 0 Å². The fraction of sp³-hybridized carbons (Fsp3) is 0.462. The van der Waals surface area contributed by atoms with Gasteiger partial charge in [0, 0.05) is 11.0 Å². The summed E-state index contributed by atoms with van der Waals surface area (Å²) in [6.07, 6.45) is 2.65. The van der Waals surface area contributed by atoms with Gasteiger partial charge in [-0.2, -0.15) is 0 Å². The smallest absolute Gasteiger partial charge is 0.304 e. The fourth-order valence-electron chi connectivity index (χ4n) is 2.25. The van der Waals surface area contributed by atoms with Crippen LogP contribution in [0.5, 0.6) is 5.75 Å². The molecule has 1 fully saturated rings. The van der Waals surface area contributed by atoms with Crippen LogP contribution in [0.1, 0.15) is 37.3 Å². The molecule has 1 aliphatic carbocycles. The molecule has 17 heavy (non-hydrogen) atoms. The minimum absolute atomic E-state index is 0.0974. The number of hydrogen-bond acceptors (Lipinski definition) is 2. The lowest BCUT2D eigenvalue weighted by Crippen LogP contribution is -2.13. The van der Waals surface area contributed by atoms with Gasteiger partial charge in [-0.15, -0.1) is 0 Å². The van der Waals surface area contributed by atoms with Crippen LogP contribution in [-0.4, -0.2) is 16.2 Å². The maximum atomic E-state index is 10.9. The first-order chi connectivity index (χ1) is 7.98. The molecule has 2 N–H and O–H groups in total. The third-order valence-electron chi connectivity index (χ3n) is 3.45. The number of rotatable bonds is 4. The highest BCUT2D eigenvalue weighted by molar-refractivity contribution is 9.10. The highest BCUT2D eigenvalue weighted by atomic mass is 79.9. The first-order valence-corrected chi connectivity index (χ1v) is 6.51. The molecule has 0 aliphatic heterocycles. The summed E-state index contributed by atoms with van der Waals surface area (Å²) in [4.78, 5) is 10.9. The lowest BCUT2D eigenvalue weighted by atomic mass is 9.90. The molecule has 0 aromatic heterocycles. The number of carboxylic acid groups (broad SMARTS) is 1. The molecule has 0 unspecified atom stereocenters. The van der Waals surface area contributed by atoms with Crippen LogP contribution >= 0.6 is 15.9 Å². The number of halogens is 1. The second-order valence-electron chi connectivity index (χ2n) is 4.68. The lowest BCUT2D eigenvalue weighted by Gasteiger charge is -2.17. The van der Waals surface area contributed by atoms with Crippen molar-refractivity contribution in [3.63, 3.8) is 0 Å². The molecular weight excluding hydrogens is 284 g/mol. The van der Waals surface area contributed by atoms with Crippen LogP contribution in [-0.2, 0) is 16.6 Å². The highest BCUT2D eigenvalue weighted by Gasteiger charge is 2.48. The Morgan fingerprint density at radius 2 is 2.12 bits per heavy atom. The molecule has 92 valence electrons. The zero-order valence-corrected chi connectivity index (χ0v) is 11.2. The van der Waals surface area contributed by atoms with Gasteiger partial charge in [0.15, 0.2) is 0 Å². The monoisotopic (exact) mass is 298 g/mol. The number of carbonyl (C=O) groups is 1. The van der Waals surface area contributed by atoms with Gasteiger partial charge in [-0.25, -0.2) is 0 Å². The zero-order valence-electron chi connectivity index (χ0n) is 9.66. The number of aromatic hydroxyl groups is 1. The van der Waals surface area contributed by atoms with E-state index in [1.54, 1.807) is 0 Å². The molecule has 1 aliphatic rings. The maximum absolute atomic E-state index is 10.9. The van der Waals surface area contributed by atoms with E-state index in [1.165, 1.54) is 0 Å². The molecule has 0 atom stereocenters. The molecule has 0 heterocycles. The van der Waals surface area contributed by atoms with Crippen molar-refractivity contribution in [2.75, 3.05) is 0 Å². The number of aliphatic carboxylic acids is 1. The first-order valence-electron chi connectivity index (χ1n) is 5.72. The van der Waals surface area contributed by atoms with E-state index in [2.05, 4.69) is 15.9 Å². The number of carboxylic acids is 1. The van der Waals surface area contributed by atoms with Crippen molar-refractivity contribution in [3.05, 3.63) is 27.7 Å². The molecule has 0 amide bonds. The minimum atomic E-state index is -0.806. The summed E-state index contributed by atoms with van der Waals surface area (Å²) in [7, 11) is 0. The van der Waals surface area contributed by atoms with E-state index in [4.69, 9.17) is 5.11 Å². The highest BCUT2D eigenvalue weighted by Crippen LogP contribution is 2.55. The summed E-state index contributed by atoms with van der Waals surface area (Å²) in [6.45, 7) is 2.04. The van der Waals surface area contributed by atoms with E-state index in [-0.39, 0.29) is 17.6 Å². The van der Waals surface area contributed by atoms with Gasteiger partial charge in [0.25, 0.3) is 0 Å². The Morgan fingerprint density at radius 3 is 2.59 bits per heavy atom. The first kappa shape index (κ1) is 12.4. The Morgan fingerprint density at radius 1 is 1.47 bits per heavy atom. The Balaban J connectivity index is 2.44. The van der Waals surface area contributed by atoms with Gasteiger partial charge in [0.2, 0.25) is 0 Å². The van der Waals surface area contributed by atoms with Crippen LogP contribution in [0, 0.1) is 0 Å². The van der Waals surface area contributed by atoms with Crippen molar-refractivity contribution < 1.29 is 15.0 Å². The average Bonchev–Trinajstić information content (AvgIpc) is 3.01. The largest absolute Gasteiger partial charge is 0.506 e. The van der Waals surface area contributed by atoms with Gasteiger partial charge in [0.05, 0.1) is 10.9 Å². The molecule has 4 heteroatoms. The third kappa shape index (κ3) is 2.32. The second-order valence-corrected chi connectivity index (χ2v) is 5.53. The predicted octanol–water partition coefficient (Wildman–Crippen LogP) is 3.22. The summed E-state index contributed by atoms with van der Waals surface area (Å²) < 4.78 is 0.656. The van der Waals surface area contributed by atoms with Gasteiger partial charge < -0.3 is 10.2 Å². The fourth-order valence-corrected chi connectivity index (χ4v) is 2.75. The van der Waals surface area contributed by atoms with Gasteiger partial charge in [-0.05, 0) is 46.8 Å². The van der Waals surface area contributed by atoms with Crippen molar-refractivity contribution in [2.24, 2.45) is 0 Å². The quantitative estimate of drug-likeness (QED) is 0.897. The summed E-state index contributed by atoms with van der Waals surface area (Å²) in [5.74, 6) is -0.610.